The fraction of sp³-hybridized carbons (Fsp3) is 1.00. The lowest BCUT2D eigenvalue weighted by atomic mass is 9.65. The Morgan fingerprint density at radius 3 is 1.45 bits per heavy atom. The van der Waals surface area contributed by atoms with Crippen molar-refractivity contribution in [1.82, 2.24) is 0 Å². The lowest BCUT2D eigenvalue weighted by Crippen LogP contribution is -2.32. The molecule has 0 amide bonds. The standard InChI is InChI=1S/C20H42/c1-8-14-17(11-4)20(15-9-2)19(13-6)18(12-5)16(7)10-3/h16-20H,8-15H2,1-7H3. The molecular weight excluding hydrogens is 240 g/mol. The van der Waals surface area contributed by atoms with Crippen molar-refractivity contribution in [1.29, 1.82) is 0 Å². The Morgan fingerprint density at radius 1 is 0.550 bits per heavy atom. The molecule has 20 heavy (non-hydrogen) atoms. The largest absolute Gasteiger partial charge is 0.0654 e. The minimum absolute atomic E-state index is 0.892. The van der Waals surface area contributed by atoms with Crippen LogP contribution in [0.4, 0.5) is 0 Å². The minimum Gasteiger partial charge on any atom is -0.0654 e. The van der Waals surface area contributed by atoms with Crippen LogP contribution in [0.2, 0.25) is 0 Å². The Hall–Kier alpha value is 0. The first kappa shape index (κ1) is 20.0. The van der Waals surface area contributed by atoms with Crippen molar-refractivity contribution >= 4 is 0 Å². The summed E-state index contributed by atoms with van der Waals surface area (Å²) in [7, 11) is 0. The van der Waals surface area contributed by atoms with Crippen molar-refractivity contribution in [2.75, 3.05) is 0 Å². The van der Waals surface area contributed by atoms with Gasteiger partial charge in [0.25, 0.3) is 0 Å². The van der Waals surface area contributed by atoms with Crippen molar-refractivity contribution in [3.8, 4) is 0 Å². The molecular formula is C20H42. The van der Waals surface area contributed by atoms with Gasteiger partial charge in [-0.25, -0.2) is 0 Å². The molecule has 0 aliphatic heterocycles. The summed E-state index contributed by atoms with van der Waals surface area (Å²) in [6.45, 7) is 16.9. The minimum atomic E-state index is 0.892. The van der Waals surface area contributed by atoms with Crippen LogP contribution in [-0.4, -0.2) is 0 Å². The maximum absolute atomic E-state index is 2.49. The predicted octanol–water partition coefficient (Wildman–Crippen LogP) is 7.33. The van der Waals surface area contributed by atoms with E-state index in [9.17, 15) is 0 Å². The van der Waals surface area contributed by atoms with Crippen LogP contribution in [0.3, 0.4) is 0 Å². The SMILES string of the molecule is CCCC(CC)C(CCC)C(CC)C(CC)C(C)CC. The summed E-state index contributed by atoms with van der Waals surface area (Å²) in [5.74, 6) is 4.71. The van der Waals surface area contributed by atoms with Crippen molar-refractivity contribution in [3.63, 3.8) is 0 Å². The van der Waals surface area contributed by atoms with E-state index in [1.807, 2.05) is 0 Å². The fourth-order valence-corrected chi connectivity index (χ4v) is 4.58. The second kappa shape index (κ2) is 11.6. The van der Waals surface area contributed by atoms with Crippen LogP contribution in [0.5, 0.6) is 0 Å². The molecule has 0 fully saturated rings. The highest BCUT2D eigenvalue weighted by molar-refractivity contribution is 4.82. The second-order valence-electron chi connectivity index (χ2n) is 6.94. The normalized spacial score (nSPS) is 19.4. The van der Waals surface area contributed by atoms with Gasteiger partial charge in [0.1, 0.15) is 0 Å². The van der Waals surface area contributed by atoms with E-state index < -0.39 is 0 Å². The lowest BCUT2D eigenvalue weighted by Gasteiger charge is -2.40. The molecule has 0 aromatic carbocycles. The average Bonchev–Trinajstić information content (AvgIpc) is 2.47. The van der Waals surface area contributed by atoms with Gasteiger partial charge in [0, 0.05) is 0 Å². The van der Waals surface area contributed by atoms with Crippen LogP contribution >= 0.6 is 0 Å². The molecule has 0 rings (SSSR count). The molecule has 5 unspecified atom stereocenters. The van der Waals surface area contributed by atoms with Gasteiger partial charge >= 0.3 is 0 Å². The topological polar surface area (TPSA) is 0 Å². The van der Waals surface area contributed by atoms with Crippen molar-refractivity contribution < 1.29 is 0 Å². The molecule has 5 atom stereocenters. The van der Waals surface area contributed by atoms with Crippen molar-refractivity contribution in [2.24, 2.45) is 29.6 Å². The maximum atomic E-state index is 2.49. The zero-order valence-corrected chi connectivity index (χ0v) is 15.5. The molecule has 0 nitrogen and oxygen atoms in total. The van der Waals surface area contributed by atoms with Gasteiger partial charge in [-0.2, -0.15) is 0 Å². The van der Waals surface area contributed by atoms with Crippen LogP contribution in [0.25, 0.3) is 0 Å². The molecule has 0 bridgehead atoms. The first-order valence-electron chi connectivity index (χ1n) is 9.60. The van der Waals surface area contributed by atoms with Gasteiger partial charge in [-0.15, -0.1) is 0 Å². The third-order valence-corrected chi connectivity index (χ3v) is 5.83. The molecule has 122 valence electrons. The summed E-state index contributed by atoms with van der Waals surface area (Å²) in [5.41, 5.74) is 0. The zero-order chi connectivity index (χ0) is 15.5. The summed E-state index contributed by atoms with van der Waals surface area (Å²) in [6, 6.07) is 0. The number of hydrogen-bond donors (Lipinski definition) is 0. The Bertz CT molecular complexity index is 208. The summed E-state index contributed by atoms with van der Waals surface area (Å²) >= 11 is 0. The van der Waals surface area contributed by atoms with Gasteiger partial charge in [0.05, 0.1) is 0 Å². The smallest absolute Gasteiger partial charge is 0.0355 e. The van der Waals surface area contributed by atoms with E-state index >= 15 is 0 Å². The highest BCUT2D eigenvalue weighted by Gasteiger charge is 2.33. The monoisotopic (exact) mass is 282 g/mol. The van der Waals surface area contributed by atoms with Gasteiger partial charge in [-0.3, -0.25) is 0 Å². The van der Waals surface area contributed by atoms with Gasteiger partial charge in [-0.1, -0.05) is 99.8 Å². The van der Waals surface area contributed by atoms with Gasteiger partial charge < -0.3 is 0 Å². The Labute approximate surface area is 130 Å². The molecule has 0 heterocycles. The van der Waals surface area contributed by atoms with E-state index in [-0.39, 0.29) is 0 Å². The van der Waals surface area contributed by atoms with Crippen LogP contribution < -0.4 is 0 Å². The highest BCUT2D eigenvalue weighted by Crippen LogP contribution is 2.41. The predicted molar refractivity (Wildman–Crippen MR) is 94.1 cm³/mol. The third-order valence-electron chi connectivity index (χ3n) is 5.83. The van der Waals surface area contributed by atoms with Gasteiger partial charge in [0.15, 0.2) is 0 Å². The van der Waals surface area contributed by atoms with Crippen LogP contribution in [-0.2, 0) is 0 Å². The van der Waals surface area contributed by atoms with Gasteiger partial charge in [0.2, 0.25) is 0 Å². The molecule has 0 heteroatoms. The number of rotatable bonds is 12. The van der Waals surface area contributed by atoms with Crippen molar-refractivity contribution in [3.05, 3.63) is 0 Å². The second-order valence-corrected chi connectivity index (χ2v) is 6.94. The van der Waals surface area contributed by atoms with E-state index in [0.29, 0.717) is 0 Å². The molecule has 0 aromatic rings. The Balaban J connectivity index is 5.14. The quantitative estimate of drug-likeness (QED) is 0.351. The molecule has 0 aromatic heterocycles. The molecule has 0 aliphatic carbocycles. The van der Waals surface area contributed by atoms with E-state index in [2.05, 4.69) is 48.5 Å². The van der Waals surface area contributed by atoms with Crippen LogP contribution in [0.1, 0.15) is 99.8 Å². The zero-order valence-electron chi connectivity index (χ0n) is 15.5. The van der Waals surface area contributed by atoms with Gasteiger partial charge in [-0.05, 0) is 29.6 Å². The van der Waals surface area contributed by atoms with Crippen LogP contribution in [0, 0.1) is 29.6 Å². The average molecular weight is 283 g/mol. The van der Waals surface area contributed by atoms with Crippen molar-refractivity contribution in [2.45, 2.75) is 99.8 Å². The Kier molecular flexibility index (Phi) is 11.6. The summed E-state index contributed by atoms with van der Waals surface area (Å²) in [6.07, 6.45) is 11.1. The molecule has 0 aliphatic rings. The van der Waals surface area contributed by atoms with E-state index in [1.165, 1.54) is 51.4 Å². The van der Waals surface area contributed by atoms with Crippen LogP contribution in [0.15, 0.2) is 0 Å². The summed E-state index contributed by atoms with van der Waals surface area (Å²) in [4.78, 5) is 0. The maximum Gasteiger partial charge on any atom is -0.0355 e. The molecule has 0 saturated carbocycles. The molecule has 0 N–H and O–H groups in total. The first-order chi connectivity index (χ1) is 9.60. The lowest BCUT2D eigenvalue weighted by molar-refractivity contribution is 0.0967. The molecule has 0 spiro atoms. The van der Waals surface area contributed by atoms with E-state index in [0.717, 1.165) is 29.6 Å². The fourth-order valence-electron chi connectivity index (χ4n) is 4.58. The highest BCUT2D eigenvalue weighted by atomic mass is 14.4. The molecule has 0 radical (unpaired) electrons. The van der Waals surface area contributed by atoms with E-state index in [4.69, 9.17) is 0 Å². The summed E-state index contributed by atoms with van der Waals surface area (Å²) < 4.78 is 0. The first-order valence-corrected chi connectivity index (χ1v) is 9.60. The molecule has 0 saturated heterocycles. The third kappa shape index (κ3) is 5.78. The summed E-state index contributed by atoms with van der Waals surface area (Å²) in [5, 5.41) is 0. The Morgan fingerprint density at radius 2 is 1.10 bits per heavy atom. The van der Waals surface area contributed by atoms with E-state index in [1.54, 1.807) is 0 Å². The number of hydrogen-bond acceptors (Lipinski definition) is 0.